The first-order valence-electron chi connectivity index (χ1n) is 9.46. The Kier molecular flexibility index (Phi) is 5.53. The van der Waals surface area contributed by atoms with E-state index in [9.17, 15) is 4.79 Å². The zero-order valence-corrected chi connectivity index (χ0v) is 14.7. The molecule has 0 aromatic heterocycles. The van der Waals surface area contributed by atoms with Crippen molar-refractivity contribution >= 4 is 5.78 Å². The fraction of sp³-hybridized carbons (Fsp3) is 0.667. The van der Waals surface area contributed by atoms with Crippen LogP contribution in [0.15, 0.2) is 30.3 Å². The van der Waals surface area contributed by atoms with Gasteiger partial charge in [-0.3, -0.25) is 9.69 Å². The first-order valence-corrected chi connectivity index (χ1v) is 9.46. The van der Waals surface area contributed by atoms with Gasteiger partial charge in [-0.15, -0.1) is 0 Å². The molecule has 2 unspecified atom stereocenters. The molecule has 2 fully saturated rings. The number of nitrogens with zero attached hydrogens (tertiary/aromatic N) is 1. The van der Waals surface area contributed by atoms with Crippen LogP contribution in [0.25, 0.3) is 0 Å². The topological polar surface area (TPSA) is 20.3 Å². The lowest BCUT2D eigenvalue weighted by atomic mass is 9.85. The first kappa shape index (κ1) is 16.7. The van der Waals surface area contributed by atoms with Gasteiger partial charge in [-0.2, -0.15) is 0 Å². The van der Waals surface area contributed by atoms with Crippen molar-refractivity contribution < 1.29 is 4.79 Å². The van der Waals surface area contributed by atoms with Gasteiger partial charge in [0, 0.05) is 31.0 Å². The molecule has 0 amide bonds. The molecule has 1 aromatic carbocycles. The van der Waals surface area contributed by atoms with Crippen LogP contribution in [0.5, 0.6) is 0 Å². The Balaban J connectivity index is 1.53. The Hall–Kier alpha value is -1.15. The van der Waals surface area contributed by atoms with Crippen molar-refractivity contribution in [1.82, 2.24) is 4.90 Å². The lowest BCUT2D eigenvalue weighted by molar-refractivity contribution is -0.125. The summed E-state index contributed by atoms with van der Waals surface area (Å²) < 4.78 is 0. The number of carbonyl (C=O) groups is 1. The molecule has 0 radical (unpaired) electrons. The Morgan fingerprint density at radius 2 is 1.78 bits per heavy atom. The van der Waals surface area contributed by atoms with Crippen LogP contribution in [0, 0.1) is 11.8 Å². The van der Waals surface area contributed by atoms with E-state index >= 15 is 0 Å². The molecule has 2 nitrogen and oxygen atoms in total. The van der Waals surface area contributed by atoms with Crippen molar-refractivity contribution in [3.05, 3.63) is 35.9 Å². The number of Topliss-reactive ketones (excluding diaryl/α,β-unsaturated/α-hetero) is 1. The van der Waals surface area contributed by atoms with Crippen molar-refractivity contribution in [2.75, 3.05) is 0 Å². The maximum Gasteiger partial charge on any atom is 0.136 e. The average Bonchev–Trinajstić information content (AvgIpc) is 2.77. The van der Waals surface area contributed by atoms with Crippen molar-refractivity contribution in [2.45, 2.75) is 77.4 Å². The third-order valence-electron chi connectivity index (χ3n) is 5.75. The highest BCUT2D eigenvalue weighted by molar-refractivity contribution is 5.81. The number of rotatable bonds is 7. The molecule has 2 aliphatic heterocycles. The van der Waals surface area contributed by atoms with Crippen LogP contribution in [0.4, 0.5) is 0 Å². The van der Waals surface area contributed by atoms with Crippen LogP contribution in [-0.2, 0) is 11.3 Å². The zero-order chi connectivity index (χ0) is 16.2. The van der Waals surface area contributed by atoms with Crippen LogP contribution < -0.4 is 0 Å². The van der Waals surface area contributed by atoms with Gasteiger partial charge in [-0.1, -0.05) is 50.6 Å². The summed E-state index contributed by atoms with van der Waals surface area (Å²) in [5.74, 6) is 1.60. The minimum absolute atomic E-state index is 0.340. The van der Waals surface area contributed by atoms with Gasteiger partial charge in [0.05, 0.1) is 0 Å². The van der Waals surface area contributed by atoms with Gasteiger partial charge in [-0.25, -0.2) is 0 Å². The fourth-order valence-corrected chi connectivity index (χ4v) is 4.48. The molecule has 3 rings (SSSR count). The second kappa shape index (κ2) is 7.61. The highest BCUT2D eigenvalue weighted by atomic mass is 16.1. The summed E-state index contributed by atoms with van der Waals surface area (Å²) in [6.45, 7) is 5.55. The van der Waals surface area contributed by atoms with E-state index in [-0.39, 0.29) is 0 Å². The Morgan fingerprint density at radius 3 is 2.39 bits per heavy atom. The van der Waals surface area contributed by atoms with Crippen LogP contribution in [0.3, 0.4) is 0 Å². The molecule has 2 aliphatic rings. The third kappa shape index (κ3) is 4.23. The third-order valence-corrected chi connectivity index (χ3v) is 5.75. The van der Waals surface area contributed by atoms with Gasteiger partial charge < -0.3 is 0 Å². The predicted molar refractivity (Wildman–Crippen MR) is 95.2 cm³/mol. The second-order valence-electron chi connectivity index (χ2n) is 7.96. The van der Waals surface area contributed by atoms with E-state index in [4.69, 9.17) is 0 Å². The van der Waals surface area contributed by atoms with E-state index in [1.807, 2.05) is 0 Å². The van der Waals surface area contributed by atoms with Gasteiger partial charge in [0.1, 0.15) is 5.78 Å². The fourth-order valence-electron chi connectivity index (χ4n) is 4.48. The number of fused-ring (bicyclic) bond motifs is 2. The van der Waals surface area contributed by atoms with E-state index in [0.29, 0.717) is 29.7 Å². The van der Waals surface area contributed by atoms with Crippen LogP contribution in [-0.4, -0.2) is 22.8 Å². The molecular weight excluding hydrogens is 282 g/mol. The molecule has 126 valence electrons. The predicted octanol–water partition coefficient (Wildman–Crippen LogP) is 4.83. The van der Waals surface area contributed by atoms with E-state index in [1.54, 1.807) is 0 Å². The van der Waals surface area contributed by atoms with Gasteiger partial charge in [0.25, 0.3) is 0 Å². The summed E-state index contributed by atoms with van der Waals surface area (Å²) in [6, 6.07) is 12.1. The average molecular weight is 313 g/mol. The molecule has 0 aliphatic carbocycles. The molecule has 2 saturated heterocycles. The minimum atomic E-state index is 0.340. The Morgan fingerprint density at radius 1 is 1.13 bits per heavy atom. The van der Waals surface area contributed by atoms with Crippen LogP contribution in [0.1, 0.15) is 64.4 Å². The van der Waals surface area contributed by atoms with Gasteiger partial charge in [0.2, 0.25) is 0 Å². The summed E-state index contributed by atoms with van der Waals surface area (Å²) in [5.41, 5.74) is 1.41. The van der Waals surface area contributed by atoms with E-state index in [0.717, 1.165) is 32.2 Å². The summed E-state index contributed by atoms with van der Waals surface area (Å²) in [4.78, 5) is 15.2. The largest absolute Gasteiger partial charge is 0.299 e. The van der Waals surface area contributed by atoms with Gasteiger partial charge in [0.15, 0.2) is 0 Å². The van der Waals surface area contributed by atoms with Crippen molar-refractivity contribution in [3.8, 4) is 0 Å². The quantitative estimate of drug-likeness (QED) is 0.719. The van der Waals surface area contributed by atoms with E-state index in [2.05, 4.69) is 49.1 Å². The smallest absolute Gasteiger partial charge is 0.136 e. The standard InChI is InChI=1S/C21H31NO/c1-16(2)7-6-10-21(23)18-13-19-11-12-20(14-18)22(19)15-17-8-4-3-5-9-17/h3-5,8-9,16,18-20H,6-7,10-15H2,1-2H3. The van der Waals surface area contributed by atoms with E-state index < -0.39 is 0 Å². The molecule has 0 N–H and O–H groups in total. The number of hydrogen-bond donors (Lipinski definition) is 0. The Bertz CT molecular complexity index is 496. The Labute approximate surface area is 141 Å². The second-order valence-corrected chi connectivity index (χ2v) is 7.96. The van der Waals surface area contributed by atoms with E-state index in [1.165, 1.54) is 24.8 Å². The molecule has 2 atom stereocenters. The highest BCUT2D eigenvalue weighted by Crippen LogP contribution is 2.40. The molecule has 2 bridgehead atoms. The molecule has 0 saturated carbocycles. The maximum atomic E-state index is 12.5. The molecule has 0 spiro atoms. The number of benzene rings is 1. The monoisotopic (exact) mass is 313 g/mol. The molecule has 23 heavy (non-hydrogen) atoms. The number of carbonyl (C=O) groups excluding carboxylic acids is 1. The highest BCUT2D eigenvalue weighted by Gasteiger charge is 2.42. The lowest BCUT2D eigenvalue weighted by Gasteiger charge is -2.38. The van der Waals surface area contributed by atoms with Crippen molar-refractivity contribution in [3.63, 3.8) is 0 Å². The normalized spacial score (nSPS) is 27.5. The number of piperidine rings is 1. The lowest BCUT2D eigenvalue weighted by Crippen LogP contribution is -2.44. The van der Waals surface area contributed by atoms with Crippen LogP contribution >= 0.6 is 0 Å². The first-order chi connectivity index (χ1) is 11.1. The van der Waals surface area contributed by atoms with Gasteiger partial charge >= 0.3 is 0 Å². The maximum absolute atomic E-state index is 12.5. The SMILES string of the molecule is CC(C)CCCC(=O)C1CC2CCC(C1)N2Cc1ccccc1. The van der Waals surface area contributed by atoms with Gasteiger partial charge in [-0.05, 0) is 43.6 Å². The zero-order valence-electron chi connectivity index (χ0n) is 14.7. The van der Waals surface area contributed by atoms with Crippen LogP contribution in [0.2, 0.25) is 0 Å². The summed E-state index contributed by atoms with van der Waals surface area (Å²) >= 11 is 0. The minimum Gasteiger partial charge on any atom is -0.299 e. The molecule has 2 heteroatoms. The summed E-state index contributed by atoms with van der Waals surface area (Å²) in [6.07, 6.45) is 7.84. The molecule has 2 heterocycles. The van der Waals surface area contributed by atoms with Crippen molar-refractivity contribution in [1.29, 1.82) is 0 Å². The summed E-state index contributed by atoms with van der Waals surface area (Å²) in [7, 11) is 0. The summed E-state index contributed by atoms with van der Waals surface area (Å²) in [5, 5.41) is 0. The molecule has 1 aromatic rings. The number of ketones is 1. The number of hydrogen-bond acceptors (Lipinski definition) is 2. The molecular formula is C21H31NO. The van der Waals surface area contributed by atoms with Crippen molar-refractivity contribution in [2.24, 2.45) is 11.8 Å².